The van der Waals surface area contributed by atoms with Crippen molar-refractivity contribution in [1.82, 2.24) is 10.2 Å². The van der Waals surface area contributed by atoms with Crippen molar-refractivity contribution >= 4 is 22.6 Å². The van der Waals surface area contributed by atoms with Gasteiger partial charge >= 0.3 is 0 Å². The van der Waals surface area contributed by atoms with E-state index in [1.807, 2.05) is 56.3 Å². The topological polar surface area (TPSA) is 58.6 Å². The van der Waals surface area contributed by atoms with Gasteiger partial charge < -0.3 is 15.0 Å². The third kappa shape index (κ3) is 5.67. The Morgan fingerprint density at radius 3 is 2.50 bits per heavy atom. The highest BCUT2D eigenvalue weighted by atomic mass is 16.5. The molecule has 0 saturated carbocycles. The van der Waals surface area contributed by atoms with Gasteiger partial charge in [-0.05, 0) is 53.8 Å². The van der Waals surface area contributed by atoms with E-state index in [0.717, 1.165) is 22.3 Å². The highest BCUT2D eigenvalue weighted by Crippen LogP contribution is 2.22. The Balaban J connectivity index is 1.83. The van der Waals surface area contributed by atoms with E-state index in [0.29, 0.717) is 32.4 Å². The number of hydrogen-bond acceptors (Lipinski definition) is 3. The van der Waals surface area contributed by atoms with Crippen molar-refractivity contribution in [2.45, 2.75) is 45.7 Å². The van der Waals surface area contributed by atoms with E-state index in [9.17, 15) is 9.59 Å². The fourth-order valence-corrected chi connectivity index (χ4v) is 4.07. The maximum atomic E-state index is 13.4. The molecule has 0 aliphatic rings. The van der Waals surface area contributed by atoms with Gasteiger partial charge in [-0.15, -0.1) is 0 Å². The number of fused-ring (bicyclic) bond motifs is 1. The summed E-state index contributed by atoms with van der Waals surface area (Å²) in [6.07, 6.45) is 1.52. The Labute approximate surface area is 190 Å². The van der Waals surface area contributed by atoms with E-state index >= 15 is 0 Å². The zero-order valence-electron chi connectivity index (χ0n) is 19.1. The number of hydrogen-bond donors (Lipinski definition) is 1. The molecule has 0 fully saturated rings. The normalized spacial score (nSPS) is 11.7. The molecule has 0 saturated heterocycles. The van der Waals surface area contributed by atoms with Crippen molar-refractivity contribution in [3.63, 3.8) is 0 Å². The van der Waals surface area contributed by atoms with E-state index < -0.39 is 6.04 Å². The summed E-state index contributed by atoms with van der Waals surface area (Å²) in [6.45, 7) is 4.73. The molecular formula is C27H32N2O3. The third-order valence-corrected chi connectivity index (χ3v) is 5.71. The van der Waals surface area contributed by atoms with Gasteiger partial charge in [-0.2, -0.15) is 0 Å². The SMILES string of the molecule is CCNC(=O)[C@@H](CC)N(Cc1cccc(OC)c1)C(=O)CCc1cccc2ccccc12. The van der Waals surface area contributed by atoms with Crippen LogP contribution in [0, 0.1) is 0 Å². The number of amides is 2. The summed E-state index contributed by atoms with van der Waals surface area (Å²) in [5, 5.41) is 5.21. The standard InChI is InChI=1S/C27H32N2O3/c1-4-25(27(31)28-5-2)29(19-20-10-8-14-23(18-20)32-3)26(30)17-16-22-13-9-12-21-11-6-7-15-24(21)22/h6-15,18,25H,4-5,16-17,19H2,1-3H3,(H,28,31)/t25-/m1/s1. The lowest BCUT2D eigenvalue weighted by molar-refractivity contribution is -0.141. The van der Waals surface area contributed by atoms with E-state index in [1.54, 1.807) is 12.0 Å². The lowest BCUT2D eigenvalue weighted by Crippen LogP contribution is -2.49. The van der Waals surface area contributed by atoms with Crippen LogP contribution >= 0.6 is 0 Å². The molecule has 5 nitrogen and oxygen atoms in total. The predicted molar refractivity (Wildman–Crippen MR) is 129 cm³/mol. The Hall–Kier alpha value is -3.34. The highest BCUT2D eigenvalue weighted by molar-refractivity contribution is 5.89. The number of carbonyl (C=O) groups is 2. The minimum Gasteiger partial charge on any atom is -0.497 e. The molecule has 0 aromatic heterocycles. The summed E-state index contributed by atoms with van der Waals surface area (Å²) in [5.41, 5.74) is 2.08. The fourth-order valence-electron chi connectivity index (χ4n) is 4.07. The highest BCUT2D eigenvalue weighted by Gasteiger charge is 2.28. The molecule has 2 amide bonds. The Bertz CT molecular complexity index is 1060. The van der Waals surface area contributed by atoms with Crippen molar-refractivity contribution in [3.8, 4) is 5.75 Å². The number of likely N-dealkylation sites (N-methyl/N-ethyl adjacent to an activating group) is 1. The van der Waals surface area contributed by atoms with Crippen molar-refractivity contribution in [3.05, 3.63) is 77.9 Å². The number of nitrogens with one attached hydrogen (secondary N) is 1. The number of aryl methyl sites for hydroxylation is 1. The molecule has 0 aliphatic carbocycles. The zero-order chi connectivity index (χ0) is 22.9. The number of nitrogens with zero attached hydrogens (tertiary/aromatic N) is 1. The molecule has 3 aromatic rings. The lowest BCUT2D eigenvalue weighted by Gasteiger charge is -2.30. The van der Waals surface area contributed by atoms with Gasteiger partial charge in [-0.1, -0.05) is 61.5 Å². The molecule has 1 atom stereocenters. The maximum absolute atomic E-state index is 13.4. The van der Waals surface area contributed by atoms with Crippen molar-refractivity contribution in [2.24, 2.45) is 0 Å². The molecular weight excluding hydrogens is 400 g/mol. The van der Waals surface area contributed by atoms with Crippen LogP contribution in [-0.4, -0.2) is 36.4 Å². The molecule has 168 valence electrons. The first kappa shape index (κ1) is 23.3. The summed E-state index contributed by atoms with van der Waals surface area (Å²) >= 11 is 0. The van der Waals surface area contributed by atoms with Crippen LogP contribution in [0.3, 0.4) is 0 Å². The van der Waals surface area contributed by atoms with Gasteiger partial charge in [0.1, 0.15) is 11.8 Å². The molecule has 32 heavy (non-hydrogen) atoms. The molecule has 5 heteroatoms. The van der Waals surface area contributed by atoms with Crippen molar-refractivity contribution in [2.75, 3.05) is 13.7 Å². The van der Waals surface area contributed by atoms with Crippen LogP contribution in [0.4, 0.5) is 0 Å². The third-order valence-electron chi connectivity index (χ3n) is 5.71. The first-order valence-electron chi connectivity index (χ1n) is 11.2. The van der Waals surface area contributed by atoms with Crippen LogP contribution in [-0.2, 0) is 22.6 Å². The first-order chi connectivity index (χ1) is 15.6. The smallest absolute Gasteiger partial charge is 0.242 e. The Morgan fingerprint density at radius 2 is 1.75 bits per heavy atom. The minimum absolute atomic E-state index is 0.0288. The van der Waals surface area contributed by atoms with Crippen molar-refractivity contribution in [1.29, 1.82) is 0 Å². The number of ether oxygens (including phenoxy) is 1. The summed E-state index contributed by atoms with van der Waals surface area (Å²) in [6, 6.07) is 21.5. The molecule has 0 aliphatic heterocycles. The van der Waals surface area contributed by atoms with E-state index in [4.69, 9.17) is 4.74 Å². The zero-order valence-corrected chi connectivity index (χ0v) is 19.1. The fraction of sp³-hybridized carbons (Fsp3) is 0.333. The first-order valence-corrected chi connectivity index (χ1v) is 11.2. The summed E-state index contributed by atoms with van der Waals surface area (Å²) < 4.78 is 5.33. The van der Waals surface area contributed by atoms with Crippen LogP contribution in [0.25, 0.3) is 10.8 Å². The van der Waals surface area contributed by atoms with E-state index in [-0.39, 0.29) is 11.8 Å². The molecule has 0 bridgehead atoms. The summed E-state index contributed by atoms with van der Waals surface area (Å²) in [7, 11) is 1.62. The van der Waals surface area contributed by atoms with Gasteiger partial charge in [0.2, 0.25) is 11.8 Å². The quantitative estimate of drug-likeness (QED) is 0.504. The molecule has 3 aromatic carbocycles. The van der Waals surface area contributed by atoms with Gasteiger partial charge in [0, 0.05) is 19.5 Å². The van der Waals surface area contributed by atoms with Gasteiger partial charge in [-0.25, -0.2) is 0 Å². The second-order valence-corrected chi connectivity index (χ2v) is 7.83. The number of methoxy groups -OCH3 is 1. The Kier molecular flexibility index (Phi) is 8.26. The van der Waals surface area contributed by atoms with Gasteiger partial charge in [0.15, 0.2) is 0 Å². The summed E-state index contributed by atoms with van der Waals surface area (Å²) in [4.78, 5) is 27.9. The largest absolute Gasteiger partial charge is 0.497 e. The number of carbonyl (C=O) groups excluding carboxylic acids is 2. The van der Waals surface area contributed by atoms with Crippen LogP contribution in [0.5, 0.6) is 5.75 Å². The summed E-state index contributed by atoms with van der Waals surface area (Å²) in [5.74, 6) is 0.590. The van der Waals surface area contributed by atoms with Crippen LogP contribution in [0.15, 0.2) is 66.7 Å². The van der Waals surface area contributed by atoms with E-state index in [2.05, 4.69) is 29.6 Å². The maximum Gasteiger partial charge on any atom is 0.242 e. The van der Waals surface area contributed by atoms with E-state index in [1.165, 1.54) is 5.39 Å². The lowest BCUT2D eigenvalue weighted by atomic mass is 10.00. The predicted octanol–water partition coefficient (Wildman–Crippen LogP) is 4.72. The van der Waals surface area contributed by atoms with Crippen LogP contribution < -0.4 is 10.1 Å². The van der Waals surface area contributed by atoms with Crippen LogP contribution in [0.2, 0.25) is 0 Å². The minimum atomic E-state index is -0.513. The van der Waals surface area contributed by atoms with Gasteiger partial charge in [-0.3, -0.25) is 9.59 Å². The second kappa shape index (κ2) is 11.3. The molecule has 0 radical (unpaired) electrons. The van der Waals surface area contributed by atoms with Gasteiger partial charge in [0.05, 0.1) is 7.11 Å². The van der Waals surface area contributed by atoms with Crippen molar-refractivity contribution < 1.29 is 14.3 Å². The van der Waals surface area contributed by atoms with Gasteiger partial charge in [0.25, 0.3) is 0 Å². The van der Waals surface area contributed by atoms with Crippen LogP contribution in [0.1, 0.15) is 37.8 Å². The Morgan fingerprint density at radius 1 is 1.00 bits per heavy atom. The average molecular weight is 433 g/mol. The molecule has 0 unspecified atom stereocenters. The number of benzene rings is 3. The molecule has 1 N–H and O–H groups in total. The molecule has 0 heterocycles. The molecule has 3 rings (SSSR count). The second-order valence-electron chi connectivity index (χ2n) is 7.83. The monoisotopic (exact) mass is 432 g/mol. The molecule has 0 spiro atoms. The average Bonchev–Trinajstić information content (AvgIpc) is 2.82. The number of rotatable bonds is 10.